The van der Waals surface area contributed by atoms with Crippen molar-refractivity contribution in [2.75, 3.05) is 16.4 Å². The second-order valence-corrected chi connectivity index (χ2v) is 12.7. The number of anilines is 2. The van der Waals surface area contributed by atoms with E-state index in [0.29, 0.717) is 38.8 Å². The quantitative estimate of drug-likeness (QED) is 0.151. The Kier molecular flexibility index (Phi) is 15.1. The molecule has 6 aromatic heterocycles. The lowest BCUT2D eigenvalue weighted by atomic mass is 10.3. The molecule has 3 N–H and O–H groups in total. The third-order valence-corrected chi connectivity index (χ3v) is 7.88. The molecule has 0 radical (unpaired) electrons. The lowest BCUT2D eigenvalue weighted by Crippen LogP contribution is -2.17. The Bertz CT molecular complexity index is 2140. The van der Waals surface area contributed by atoms with E-state index in [-0.39, 0.29) is 22.6 Å². The predicted octanol–water partition coefficient (Wildman–Crippen LogP) is 6.08. The van der Waals surface area contributed by atoms with Gasteiger partial charge in [-0.1, -0.05) is 23.2 Å². The molecule has 0 aromatic carbocycles. The van der Waals surface area contributed by atoms with Gasteiger partial charge in [0, 0.05) is 28.2 Å². The van der Waals surface area contributed by atoms with Gasteiger partial charge < -0.3 is 11.1 Å². The minimum absolute atomic E-state index is 0.194. The smallest absolute Gasteiger partial charge is 0.276 e. The van der Waals surface area contributed by atoms with Crippen LogP contribution in [0.2, 0.25) is 10.0 Å². The third kappa shape index (κ3) is 10.7. The summed E-state index contributed by atoms with van der Waals surface area (Å²) < 4.78 is 6.31. The zero-order chi connectivity index (χ0) is 38.9. The summed E-state index contributed by atoms with van der Waals surface area (Å²) in [6.45, 7) is 7.30. The maximum Gasteiger partial charge on any atom is 0.276 e. The lowest BCUT2D eigenvalue weighted by molar-refractivity contribution is 0.101. The van der Waals surface area contributed by atoms with Crippen molar-refractivity contribution >= 4 is 80.8 Å². The van der Waals surface area contributed by atoms with Crippen LogP contribution in [0.25, 0.3) is 22.8 Å². The van der Waals surface area contributed by atoms with E-state index in [4.69, 9.17) is 63.7 Å². The molecular formula is C31H35Cl5N14O2. The Labute approximate surface area is 324 Å². The highest BCUT2D eigenvalue weighted by atomic mass is 35.5. The fraction of sp³-hybridized carbons (Fsp3) is 0.290. The van der Waals surface area contributed by atoms with Crippen molar-refractivity contribution in [3.8, 4) is 22.8 Å². The Hall–Kier alpha value is -4.61. The van der Waals surface area contributed by atoms with Gasteiger partial charge >= 0.3 is 0 Å². The standard InChI is InChI=1S/C15H16ClN7O.C9H11N5.C6H6Cl2N2O.CH2Cl2/c1-8-5-11(22(3)20-8)10-6-18-12(7-17-10)19-15(24)14-13(16)9(2)21-23(14)4;1-6-3-8(14(2)13-6)7-4-12-9(10)5-11-7;1-3-4(7)5(6(8)11)10(2)9-3;2-1-3/h5-7H,1-4H3,(H,18,19,24);3-5H,1-2H3,(H2,10,12);1-2H3;1H2. The zero-order valence-electron chi connectivity index (χ0n) is 29.3. The van der Waals surface area contributed by atoms with Crippen molar-refractivity contribution in [1.82, 2.24) is 59.1 Å². The van der Waals surface area contributed by atoms with Gasteiger partial charge in [0.2, 0.25) is 0 Å². The van der Waals surface area contributed by atoms with Crippen LogP contribution >= 0.6 is 58.0 Å². The van der Waals surface area contributed by atoms with Crippen LogP contribution in [-0.4, -0.2) is 75.5 Å². The number of nitrogens with one attached hydrogen (secondary N) is 1. The Morgan fingerprint density at radius 3 is 1.42 bits per heavy atom. The topological polar surface area (TPSA) is 195 Å². The number of nitrogen functional groups attached to an aromatic ring is 1. The monoisotopic (exact) mass is 810 g/mol. The number of amides is 1. The molecule has 0 unspecified atom stereocenters. The summed E-state index contributed by atoms with van der Waals surface area (Å²) in [5, 5.41) is 19.5. The van der Waals surface area contributed by atoms with Gasteiger partial charge in [-0.3, -0.25) is 28.3 Å². The van der Waals surface area contributed by atoms with Crippen molar-refractivity contribution in [1.29, 1.82) is 0 Å². The van der Waals surface area contributed by atoms with Gasteiger partial charge in [-0.05, 0) is 51.4 Å². The van der Waals surface area contributed by atoms with Crippen molar-refractivity contribution in [2.45, 2.75) is 27.7 Å². The van der Waals surface area contributed by atoms with E-state index in [1.807, 2.05) is 40.1 Å². The number of nitrogens with zero attached hydrogens (tertiary/aromatic N) is 12. The molecule has 1 amide bonds. The van der Waals surface area contributed by atoms with E-state index in [0.717, 1.165) is 28.5 Å². The summed E-state index contributed by atoms with van der Waals surface area (Å²) >= 11 is 26.6. The molecule has 52 heavy (non-hydrogen) atoms. The first-order valence-electron chi connectivity index (χ1n) is 14.9. The van der Waals surface area contributed by atoms with Gasteiger partial charge in [0.05, 0.1) is 74.3 Å². The molecule has 6 rings (SSSR count). The molecule has 0 saturated heterocycles. The normalized spacial score (nSPS) is 10.3. The van der Waals surface area contributed by atoms with Crippen LogP contribution in [0.3, 0.4) is 0 Å². The minimum Gasteiger partial charge on any atom is -0.382 e. The van der Waals surface area contributed by atoms with Crippen LogP contribution in [0.15, 0.2) is 36.9 Å². The van der Waals surface area contributed by atoms with Crippen molar-refractivity contribution < 1.29 is 9.59 Å². The van der Waals surface area contributed by atoms with Crippen LogP contribution in [-0.2, 0) is 28.2 Å². The average molecular weight is 813 g/mol. The van der Waals surface area contributed by atoms with E-state index in [1.54, 1.807) is 49.7 Å². The number of nitrogens with two attached hydrogens (primary N) is 1. The molecule has 0 aliphatic rings. The van der Waals surface area contributed by atoms with Crippen molar-refractivity contribution in [3.05, 3.63) is 81.1 Å². The van der Waals surface area contributed by atoms with E-state index < -0.39 is 5.24 Å². The maximum absolute atomic E-state index is 12.3. The van der Waals surface area contributed by atoms with Gasteiger partial charge in [-0.15, -0.1) is 23.2 Å². The zero-order valence-corrected chi connectivity index (χ0v) is 33.1. The summed E-state index contributed by atoms with van der Waals surface area (Å²) in [6, 6.07) is 3.88. The van der Waals surface area contributed by atoms with Gasteiger partial charge in [-0.2, -0.15) is 20.4 Å². The van der Waals surface area contributed by atoms with E-state index >= 15 is 0 Å². The number of rotatable bonds is 5. The van der Waals surface area contributed by atoms with Crippen LogP contribution < -0.4 is 11.1 Å². The summed E-state index contributed by atoms with van der Waals surface area (Å²) in [7, 11) is 6.99. The fourth-order valence-electron chi connectivity index (χ4n) is 4.60. The fourth-order valence-corrected chi connectivity index (χ4v) is 5.35. The highest BCUT2D eigenvalue weighted by Crippen LogP contribution is 2.22. The molecule has 0 aliphatic heterocycles. The second kappa shape index (κ2) is 18.8. The molecule has 0 aliphatic carbocycles. The first-order chi connectivity index (χ1) is 24.5. The number of carbonyl (C=O) groups excluding carboxylic acids is 2. The summed E-state index contributed by atoms with van der Waals surface area (Å²) in [6.07, 6.45) is 6.26. The van der Waals surface area contributed by atoms with E-state index in [9.17, 15) is 9.59 Å². The van der Waals surface area contributed by atoms with E-state index in [2.05, 4.69) is 45.6 Å². The number of aromatic nitrogens is 12. The largest absolute Gasteiger partial charge is 0.382 e. The first-order valence-corrected chi connectivity index (χ1v) is 17.1. The summed E-state index contributed by atoms with van der Waals surface area (Å²) in [5.74, 6) is 0.367. The molecule has 6 heterocycles. The number of carbonyl (C=O) groups is 2. The Morgan fingerprint density at radius 1 is 0.673 bits per heavy atom. The molecule has 0 fully saturated rings. The number of halogens is 5. The Morgan fingerprint density at radius 2 is 1.12 bits per heavy atom. The summed E-state index contributed by atoms with van der Waals surface area (Å²) in [4.78, 5) is 39.8. The van der Waals surface area contributed by atoms with Crippen LogP contribution in [0.5, 0.6) is 0 Å². The number of hydrogen-bond donors (Lipinski definition) is 2. The van der Waals surface area contributed by atoms with E-state index in [1.165, 1.54) is 21.8 Å². The number of alkyl halides is 2. The van der Waals surface area contributed by atoms with Gasteiger partial charge in [-0.25, -0.2) is 19.9 Å². The average Bonchev–Trinajstić information content (AvgIpc) is 3.76. The number of hydrogen-bond acceptors (Lipinski definition) is 11. The lowest BCUT2D eigenvalue weighted by Gasteiger charge is -2.06. The molecule has 6 aromatic rings. The van der Waals surface area contributed by atoms with Crippen LogP contribution in [0, 0.1) is 27.7 Å². The van der Waals surface area contributed by atoms with Gasteiger partial charge in [0.25, 0.3) is 11.1 Å². The maximum atomic E-state index is 12.3. The van der Waals surface area contributed by atoms with Gasteiger partial charge in [0.15, 0.2) is 5.82 Å². The first kappa shape index (κ1) is 41.8. The molecule has 21 heteroatoms. The predicted molar refractivity (Wildman–Crippen MR) is 203 cm³/mol. The third-order valence-electron chi connectivity index (χ3n) is 6.79. The molecule has 276 valence electrons. The van der Waals surface area contributed by atoms with Crippen LogP contribution in [0.1, 0.15) is 43.8 Å². The second-order valence-electron chi connectivity index (χ2n) is 10.8. The van der Waals surface area contributed by atoms with Crippen molar-refractivity contribution in [3.63, 3.8) is 0 Å². The Balaban J connectivity index is 0.000000220. The van der Waals surface area contributed by atoms with Crippen molar-refractivity contribution in [2.24, 2.45) is 28.2 Å². The SMILES string of the molecule is Cc1cc(-c2cnc(N)cn2)n(C)n1.Cc1cc(-c2cnc(NC(=O)c3c(Cl)c(C)nn3C)cn2)n(C)n1.Cc1nn(C)c(C(=O)Cl)c1Cl.ClCCl. The highest BCUT2D eigenvalue weighted by Gasteiger charge is 2.20. The van der Waals surface area contributed by atoms with Crippen LogP contribution in [0.4, 0.5) is 11.6 Å². The molecule has 0 atom stereocenters. The van der Waals surface area contributed by atoms with Gasteiger partial charge in [0.1, 0.15) is 28.6 Å². The molecule has 0 saturated carbocycles. The molecule has 0 bridgehead atoms. The molecule has 0 spiro atoms. The number of aryl methyl sites for hydroxylation is 8. The highest BCUT2D eigenvalue weighted by molar-refractivity contribution is 6.68. The molecule has 16 nitrogen and oxygen atoms in total. The summed E-state index contributed by atoms with van der Waals surface area (Å²) in [5.41, 5.74) is 12.3. The molecular weight excluding hydrogens is 778 g/mol. The minimum atomic E-state index is -0.585.